The first kappa shape index (κ1) is 24.3. The molecule has 4 rings (SSSR count). The van der Waals surface area contributed by atoms with E-state index in [-0.39, 0.29) is 41.5 Å². The summed E-state index contributed by atoms with van der Waals surface area (Å²) in [5.74, 6) is -0.989. The van der Waals surface area contributed by atoms with E-state index >= 15 is 0 Å². The third-order valence-corrected chi connectivity index (χ3v) is 6.20. The summed E-state index contributed by atoms with van der Waals surface area (Å²) in [6.45, 7) is 4.06. The zero-order valence-electron chi connectivity index (χ0n) is 20.1. The first-order valence-electron chi connectivity index (χ1n) is 11.2. The molecule has 0 aromatic heterocycles. The number of para-hydroxylation sites is 1. The first-order chi connectivity index (χ1) is 16.6. The van der Waals surface area contributed by atoms with Gasteiger partial charge in [-0.3, -0.25) is 4.79 Å². The number of esters is 1. The van der Waals surface area contributed by atoms with E-state index in [0.29, 0.717) is 34.8 Å². The molecule has 1 unspecified atom stereocenters. The van der Waals surface area contributed by atoms with Crippen LogP contribution in [0.3, 0.4) is 0 Å². The normalized spacial score (nSPS) is 19.1. The van der Waals surface area contributed by atoms with Crippen LogP contribution in [0.5, 0.6) is 11.5 Å². The van der Waals surface area contributed by atoms with Gasteiger partial charge < -0.3 is 24.7 Å². The number of halogens is 1. The second kappa shape index (κ2) is 9.44. The van der Waals surface area contributed by atoms with Gasteiger partial charge in [0.15, 0.2) is 17.3 Å². The van der Waals surface area contributed by atoms with E-state index in [4.69, 9.17) is 24.7 Å². The number of ether oxygens (including phenoxy) is 4. The Balaban J connectivity index is 1.86. The fraction of sp³-hybridized carbons (Fsp3) is 0.333. The third kappa shape index (κ3) is 4.73. The van der Waals surface area contributed by atoms with Crippen molar-refractivity contribution in [1.29, 1.82) is 0 Å². The van der Waals surface area contributed by atoms with Crippen LogP contribution in [0.1, 0.15) is 43.7 Å². The number of Topliss-reactive ketones (excluding diaryl/α,β-unsaturated/α-hetero) is 1. The summed E-state index contributed by atoms with van der Waals surface area (Å²) in [7, 11) is 2.74. The number of methoxy groups -OCH3 is 2. The molecule has 2 aromatic carbocycles. The zero-order valence-corrected chi connectivity index (χ0v) is 20.1. The molecule has 0 bridgehead atoms. The molecule has 2 aliphatic rings. The van der Waals surface area contributed by atoms with Gasteiger partial charge in [0.2, 0.25) is 5.88 Å². The van der Waals surface area contributed by atoms with Crippen LogP contribution in [-0.4, -0.2) is 26.0 Å². The molecule has 7 nitrogen and oxygen atoms in total. The van der Waals surface area contributed by atoms with Crippen LogP contribution >= 0.6 is 0 Å². The van der Waals surface area contributed by atoms with Crippen molar-refractivity contribution in [2.75, 3.05) is 14.2 Å². The maximum absolute atomic E-state index is 13.4. The smallest absolute Gasteiger partial charge is 0.340 e. The van der Waals surface area contributed by atoms with Gasteiger partial charge in [0, 0.05) is 24.0 Å². The van der Waals surface area contributed by atoms with Crippen LogP contribution in [0.25, 0.3) is 0 Å². The summed E-state index contributed by atoms with van der Waals surface area (Å²) in [5, 5.41) is 0. The molecule has 0 fully saturated rings. The monoisotopic (exact) mass is 481 g/mol. The molecule has 184 valence electrons. The second-order valence-corrected chi connectivity index (χ2v) is 9.38. The fourth-order valence-electron chi connectivity index (χ4n) is 4.62. The van der Waals surface area contributed by atoms with Crippen LogP contribution in [0.2, 0.25) is 0 Å². The molecule has 0 radical (unpaired) electrons. The van der Waals surface area contributed by atoms with Gasteiger partial charge in [-0.25, -0.2) is 9.18 Å². The molecule has 1 aliphatic carbocycles. The van der Waals surface area contributed by atoms with Crippen LogP contribution < -0.4 is 15.2 Å². The molecule has 2 aromatic rings. The minimum Gasteiger partial charge on any atom is -0.493 e. The summed E-state index contributed by atoms with van der Waals surface area (Å²) in [5.41, 5.74) is 7.54. The lowest BCUT2D eigenvalue weighted by Gasteiger charge is -2.38. The van der Waals surface area contributed by atoms with Gasteiger partial charge in [0.1, 0.15) is 23.8 Å². The highest BCUT2D eigenvalue weighted by Crippen LogP contribution is 2.51. The number of ketones is 1. The van der Waals surface area contributed by atoms with Crippen LogP contribution in [0.15, 0.2) is 65.3 Å². The van der Waals surface area contributed by atoms with E-state index in [0.717, 1.165) is 5.56 Å². The van der Waals surface area contributed by atoms with E-state index in [1.165, 1.54) is 26.4 Å². The van der Waals surface area contributed by atoms with Gasteiger partial charge >= 0.3 is 5.97 Å². The summed E-state index contributed by atoms with van der Waals surface area (Å²) in [6.07, 6.45) is 0.769. The summed E-state index contributed by atoms with van der Waals surface area (Å²) < 4.78 is 35.9. The Kier molecular flexibility index (Phi) is 6.56. The van der Waals surface area contributed by atoms with Gasteiger partial charge in [-0.1, -0.05) is 38.1 Å². The van der Waals surface area contributed by atoms with E-state index in [2.05, 4.69) is 0 Å². The zero-order chi connectivity index (χ0) is 25.3. The van der Waals surface area contributed by atoms with Gasteiger partial charge in [-0.15, -0.1) is 0 Å². The summed E-state index contributed by atoms with van der Waals surface area (Å²) in [4.78, 5) is 26.3. The lowest BCUT2D eigenvalue weighted by Crippen LogP contribution is -2.35. The number of carbonyl (C=O) groups excluding carboxylic acids is 2. The molecule has 0 spiro atoms. The number of hydrogen-bond acceptors (Lipinski definition) is 7. The molecular weight excluding hydrogens is 453 g/mol. The Bertz CT molecular complexity index is 1230. The van der Waals surface area contributed by atoms with Gasteiger partial charge in [0.05, 0.1) is 20.1 Å². The average Bonchev–Trinajstić information content (AvgIpc) is 2.81. The highest BCUT2D eigenvalue weighted by molar-refractivity contribution is 6.03. The Morgan fingerprint density at radius 2 is 1.86 bits per heavy atom. The third-order valence-electron chi connectivity index (χ3n) is 6.20. The predicted molar refractivity (Wildman–Crippen MR) is 126 cm³/mol. The number of rotatable bonds is 6. The molecule has 8 heteroatoms. The highest BCUT2D eigenvalue weighted by Gasteiger charge is 2.46. The van der Waals surface area contributed by atoms with Crippen molar-refractivity contribution < 1.29 is 32.9 Å². The van der Waals surface area contributed by atoms with Crippen LogP contribution in [-0.2, 0) is 25.7 Å². The molecule has 0 saturated carbocycles. The van der Waals surface area contributed by atoms with Crippen molar-refractivity contribution in [3.63, 3.8) is 0 Å². The van der Waals surface area contributed by atoms with Crippen molar-refractivity contribution in [3.8, 4) is 11.5 Å². The van der Waals surface area contributed by atoms with Crippen LogP contribution in [0, 0.1) is 11.2 Å². The molecule has 35 heavy (non-hydrogen) atoms. The van der Waals surface area contributed by atoms with E-state index in [9.17, 15) is 14.0 Å². The molecule has 1 heterocycles. The van der Waals surface area contributed by atoms with Crippen molar-refractivity contribution in [1.82, 2.24) is 0 Å². The Morgan fingerprint density at radius 1 is 1.14 bits per heavy atom. The van der Waals surface area contributed by atoms with Crippen molar-refractivity contribution in [3.05, 3.63) is 82.2 Å². The first-order valence-corrected chi connectivity index (χ1v) is 11.2. The Hall–Kier alpha value is -3.81. The minimum absolute atomic E-state index is 0.0270. The standard InChI is InChI=1S/C27H28FNO6/c1-27(2)12-18(30)22-20(13-27)35-25(29)23(26(31)33-4)21(22)17-6-5-7-19(32-3)24(17)34-14-15-8-10-16(28)11-9-15/h5-11,21H,12-14,29H2,1-4H3. The number of allylic oxidation sites excluding steroid dienone is 2. The van der Waals surface area contributed by atoms with Gasteiger partial charge in [-0.2, -0.15) is 0 Å². The van der Waals surface area contributed by atoms with E-state index in [1.54, 1.807) is 30.3 Å². The maximum atomic E-state index is 13.4. The quantitative estimate of drug-likeness (QED) is 0.606. The lowest BCUT2D eigenvalue weighted by molar-refractivity contribution is -0.136. The number of hydrogen-bond donors (Lipinski definition) is 1. The maximum Gasteiger partial charge on any atom is 0.340 e. The van der Waals surface area contributed by atoms with Gasteiger partial charge in [-0.05, 0) is 29.2 Å². The summed E-state index contributed by atoms with van der Waals surface area (Å²) in [6, 6.07) is 11.1. The Morgan fingerprint density at radius 3 is 2.51 bits per heavy atom. The molecule has 0 saturated heterocycles. The van der Waals surface area contributed by atoms with Crippen LogP contribution in [0.4, 0.5) is 4.39 Å². The molecule has 1 atom stereocenters. The highest BCUT2D eigenvalue weighted by atomic mass is 19.1. The second-order valence-electron chi connectivity index (χ2n) is 9.38. The molecule has 1 aliphatic heterocycles. The average molecular weight is 482 g/mol. The van der Waals surface area contributed by atoms with E-state index in [1.807, 2.05) is 13.8 Å². The Labute approximate surface area is 203 Å². The number of benzene rings is 2. The number of nitrogens with two attached hydrogens (primary N) is 1. The molecular formula is C27H28FNO6. The van der Waals surface area contributed by atoms with Gasteiger partial charge in [0.25, 0.3) is 0 Å². The van der Waals surface area contributed by atoms with Crippen molar-refractivity contribution >= 4 is 11.8 Å². The SMILES string of the molecule is COC(=O)C1=C(N)OC2=C(C(=O)CC(C)(C)C2)C1c1cccc(OC)c1OCc1ccc(F)cc1. The molecule has 2 N–H and O–H groups in total. The number of carbonyl (C=O) groups is 2. The minimum atomic E-state index is -0.867. The largest absolute Gasteiger partial charge is 0.493 e. The predicted octanol–water partition coefficient (Wildman–Crippen LogP) is 4.51. The lowest BCUT2D eigenvalue weighted by atomic mass is 9.70. The van der Waals surface area contributed by atoms with Crippen molar-refractivity contribution in [2.45, 2.75) is 39.2 Å². The van der Waals surface area contributed by atoms with Crippen molar-refractivity contribution in [2.24, 2.45) is 11.1 Å². The summed E-state index contributed by atoms with van der Waals surface area (Å²) >= 11 is 0. The van der Waals surface area contributed by atoms with E-state index < -0.39 is 11.9 Å². The topological polar surface area (TPSA) is 97.1 Å². The molecule has 0 amide bonds. The fourth-order valence-corrected chi connectivity index (χ4v) is 4.62.